The first-order chi connectivity index (χ1) is 12.3. The minimum absolute atomic E-state index is 0.0116. The molecule has 0 unspecified atom stereocenters. The largest absolute Gasteiger partial charge is 0.421 e. The number of halogens is 4. The van der Waals surface area contributed by atoms with E-state index in [1.807, 2.05) is 13.0 Å². The summed E-state index contributed by atoms with van der Waals surface area (Å²) in [5, 5.41) is 5.36. The second kappa shape index (κ2) is 6.99. The van der Waals surface area contributed by atoms with Crippen molar-refractivity contribution in [2.75, 3.05) is 10.6 Å². The van der Waals surface area contributed by atoms with E-state index in [0.29, 0.717) is 11.9 Å². The van der Waals surface area contributed by atoms with Gasteiger partial charge in [-0.05, 0) is 42.8 Å². The third-order valence-corrected chi connectivity index (χ3v) is 3.46. The van der Waals surface area contributed by atoms with Gasteiger partial charge in [-0.2, -0.15) is 18.2 Å². The monoisotopic (exact) mass is 362 g/mol. The quantitative estimate of drug-likeness (QED) is 0.608. The van der Waals surface area contributed by atoms with Gasteiger partial charge >= 0.3 is 6.18 Å². The first-order valence-corrected chi connectivity index (χ1v) is 7.62. The number of nitrogens with one attached hydrogen (secondary N) is 2. The van der Waals surface area contributed by atoms with Crippen LogP contribution in [-0.4, -0.2) is 9.97 Å². The molecule has 0 saturated carbocycles. The van der Waals surface area contributed by atoms with E-state index in [9.17, 15) is 17.6 Å². The Kier molecular flexibility index (Phi) is 4.75. The van der Waals surface area contributed by atoms with Crippen LogP contribution in [0.3, 0.4) is 0 Å². The number of rotatable bonds is 4. The first kappa shape index (κ1) is 17.7. The van der Waals surface area contributed by atoms with Gasteiger partial charge in [-0.1, -0.05) is 18.2 Å². The highest BCUT2D eigenvalue weighted by Crippen LogP contribution is 2.35. The molecule has 4 nitrogen and oxygen atoms in total. The zero-order valence-electron chi connectivity index (χ0n) is 13.6. The van der Waals surface area contributed by atoms with Crippen molar-refractivity contribution in [3.05, 3.63) is 71.7 Å². The highest BCUT2D eigenvalue weighted by Gasteiger charge is 2.35. The number of anilines is 4. The summed E-state index contributed by atoms with van der Waals surface area (Å²) in [6.07, 6.45) is -3.97. The van der Waals surface area contributed by atoms with Crippen LogP contribution in [0.2, 0.25) is 0 Å². The third-order valence-electron chi connectivity index (χ3n) is 3.46. The van der Waals surface area contributed by atoms with Gasteiger partial charge in [-0.25, -0.2) is 9.37 Å². The molecule has 0 saturated heterocycles. The summed E-state index contributed by atoms with van der Waals surface area (Å²) < 4.78 is 53.0. The number of nitrogens with zero attached hydrogens (tertiary/aromatic N) is 2. The van der Waals surface area contributed by atoms with Gasteiger partial charge in [0.05, 0.1) is 0 Å². The molecule has 1 heterocycles. The molecule has 3 rings (SSSR count). The van der Waals surface area contributed by atoms with Crippen LogP contribution in [0, 0.1) is 12.7 Å². The normalized spacial score (nSPS) is 11.3. The van der Waals surface area contributed by atoms with E-state index in [-0.39, 0.29) is 11.6 Å². The zero-order chi connectivity index (χ0) is 18.7. The molecule has 0 bridgehead atoms. The maximum atomic E-state index is 13.3. The van der Waals surface area contributed by atoms with E-state index >= 15 is 0 Å². The predicted octanol–water partition coefficient (Wildman–Crippen LogP) is 5.43. The number of aryl methyl sites for hydroxylation is 1. The summed E-state index contributed by atoms with van der Waals surface area (Å²) in [5.41, 5.74) is 0.716. The van der Waals surface area contributed by atoms with Gasteiger partial charge in [0, 0.05) is 17.6 Å². The van der Waals surface area contributed by atoms with E-state index in [1.54, 1.807) is 18.2 Å². The number of benzene rings is 2. The smallest absolute Gasteiger partial charge is 0.339 e. The number of hydrogen-bond donors (Lipinski definition) is 2. The summed E-state index contributed by atoms with van der Waals surface area (Å²) in [5.74, 6) is -1.05. The second-order valence-electron chi connectivity index (χ2n) is 5.58. The van der Waals surface area contributed by atoms with E-state index in [1.165, 1.54) is 18.2 Å². The molecule has 0 fully saturated rings. The molecule has 0 amide bonds. The van der Waals surface area contributed by atoms with Crippen LogP contribution in [0.15, 0.2) is 54.7 Å². The highest BCUT2D eigenvalue weighted by atomic mass is 19.4. The standard InChI is InChI=1S/C18H14F4N4/c1-11-4-2-6-13(8-11)25-17-23-10-15(18(20,21)22)16(26-17)24-14-7-3-5-12(19)9-14/h2-10H,1H3,(H2,23,24,25,26). The van der Waals surface area contributed by atoms with Crippen LogP contribution >= 0.6 is 0 Å². The molecule has 1 aromatic heterocycles. The fourth-order valence-corrected chi connectivity index (χ4v) is 2.30. The van der Waals surface area contributed by atoms with Crippen molar-refractivity contribution in [1.82, 2.24) is 9.97 Å². The van der Waals surface area contributed by atoms with Gasteiger partial charge in [0.25, 0.3) is 0 Å². The number of aromatic nitrogens is 2. The van der Waals surface area contributed by atoms with Crippen LogP contribution in [0.1, 0.15) is 11.1 Å². The molecule has 2 N–H and O–H groups in total. The lowest BCUT2D eigenvalue weighted by atomic mass is 10.2. The molecular weight excluding hydrogens is 348 g/mol. The van der Waals surface area contributed by atoms with Crippen molar-refractivity contribution in [2.24, 2.45) is 0 Å². The van der Waals surface area contributed by atoms with E-state index in [0.717, 1.165) is 11.6 Å². The topological polar surface area (TPSA) is 49.8 Å². The first-order valence-electron chi connectivity index (χ1n) is 7.62. The van der Waals surface area contributed by atoms with Crippen LogP contribution in [0.4, 0.5) is 40.7 Å². The number of hydrogen-bond acceptors (Lipinski definition) is 4. The van der Waals surface area contributed by atoms with Crippen molar-refractivity contribution >= 4 is 23.1 Å². The van der Waals surface area contributed by atoms with Gasteiger partial charge in [0.1, 0.15) is 17.2 Å². The van der Waals surface area contributed by atoms with Crippen LogP contribution in [-0.2, 0) is 6.18 Å². The lowest BCUT2D eigenvalue weighted by molar-refractivity contribution is -0.137. The van der Waals surface area contributed by atoms with Gasteiger partial charge < -0.3 is 10.6 Å². The molecule has 3 aromatic rings. The molecule has 8 heteroatoms. The molecule has 0 aliphatic rings. The molecule has 26 heavy (non-hydrogen) atoms. The van der Waals surface area contributed by atoms with Crippen LogP contribution in [0.5, 0.6) is 0 Å². The van der Waals surface area contributed by atoms with Gasteiger partial charge in [-0.3, -0.25) is 0 Å². The van der Waals surface area contributed by atoms with Crippen LogP contribution < -0.4 is 10.6 Å². The SMILES string of the molecule is Cc1cccc(Nc2ncc(C(F)(F)F)c(Nc3cccc(F)c3)n2)c1. The maximum absolute atomic E-state index is 13.3. The maximum Gasteiger partial charge on any atom is 0.421 e. The van der Waals surface area contributed by atoms with Gasteiger partial charge in [0.2, 0.25) is 5.95 Å². The molecular formula is C18H14F4N4. The Balaban J connectivity index is 1.96. The zero-order valence-corrected chi connectivity index (χ0v) is 13.6. The van der Waals surface area contributed by atoms with Gasteiger partial charge in [-0.15, -0.1) is 0 Å². The Labute approximate surface area is 146 Å². The molecule has 0 atom stereocenters. The summed E-state index contributed by atoms with van der Waals surface area (Å²) >= 11 is 0. The van der Waals surface area contributed by atoms with E-state index in [2.05, 4.69) is 20.6 Å². The van der Waals surface area contributed by atoms with Crippen molar-refractivity contribution in [3.8, 4) is 0 Å². The van der Waals surface area contributed by atoms with Crippen molar-refractivity contribution in [3.63, 3.8) is 0 Å². The average Bonchev–Trinajstić information content (AvgIpc) is 2.54. The Hall–Kier alpha value is -3.16. The van der Waals surface area contributed by atoms with E-state index < -0.39 is 23.4 Å². The summed E-state index contributed by atoms with van der Waals surface area (Å²) in [7, 11) is 0. The number of alkyl halides is 3. The Morgan fingerprint density at radius 2 is 1.62 bits per heavy atom. The molecule has 2 aromatic carbocycles. The Morgan fingerprint density at radius 1 is 0.923 bits per heavy atom. The molecule has 0 aliphatic heterocycles. The molecule has 0 radical (unpaired) electrons. The third kappa shape index (κ3) is 4.27. The lowest BCUT2D eigenvalue weighted by Crippen LogP contribution is -2.12. The van der Waals surface area contributed by atoms with Crippen molar-refractivity contribution < 1.29 is 17.6 Å². The van der Waals surface area contributed by atoms with Crippen molar-refractivity contribution in [1.29, 1.82) is 0 Å². The molecule has 134 valence electrons. The molecule has 0 spiro atoms. The predicted molar refractivity (Wildman–Crippen MR) is 91.2 cm³/mol. The van der Waals surface area contributed by atoms with Crippen molar-refractivity contribution in [2.45, 2.75) is 13.1 Å². The Morgan fingerprint density at radius 3 is 2.27 bits per heavy atom. The summed E-state index contributed by atoms with van der Waals surface area (Å²) in [6.45, 7) is 1.88. The fourth-order valence-electron chi connectivity index (χ4n) is 2.30. The van der Waals surface area contributed by atoms with Crippen LogP contribution in [0.25, 0.3) is 0 Å². The van der Waals surface area contributed by atoms with E-state index in [4.69, 9.17) is 0 Å². The minimum atomic E-state index is -4.66. The summed E-state index contributed by atoms with van der Waals surface area (Å²) in [6, 6.07) is 12.3. The van der Waals surface area contributed by atoms with Gasteiger partial charge in [0.15, 0.2) is 0 Å². The highest BCUT2D eigenvalue weighted by molar-refractivity contribution is 5.63. The summed E-state index contributed by atoms with van der Waals surface area (Å²) in [4.78, 5) is 7.65. The Bertz CT molecular complexity index is 925. The average molecular weight is 362 g/mol. The molecule has 0 aliphatic carbocycles. The fraction of sp³-hybridized carbons (Fsp3) is 0.111. The minimum Gasteiger partial charge on any atom is -0.339 e. The second-order valence-corrected chi connectivity index (χ2v) is 5.58. The lowest BCUT2D eigenvalue weighted by Gasteiger charge is -2.15.